The van der Waals surface area contributed by atoms with Crippen molar-refractivity contribution < 1.29 is 9.47 Å². The van der Waals surface area contributed by atoms with E-state index < -0.39 is 0 Å². The molecule has 2 aromatic heterocycles. The fourth-order valence-electron chi connectivity index (χ4n) is 4.36. The van der Waals surface area contributed by atoms with Gasteiger partial charge in [-0.3, -0.25) is 4.98 Å². The minimum absolute atomic E-state index is 0.160. The number of hydrogen-bond donors (Lipinski definition) is 1. The average Bonchev–Trinajstić information content (AvgIpc) is 3.49. The molecule has 5 rings (SSSR count). The predicted octanol–water partition coefficient (Wildman–Crippen LogP) is 5.07. The standard InChI is InChI=1S/C26H24N4O2S/c1-31-19-13-14-23(32-2)22(17-19)30-25(24(28-26(30)33)20-11-6-7-15-27-20)21-12-8-16-29(21)18-9-4-3-5-10-18/h3-17,24-25H,1-2H3,(H,28,33). The van der Waals surface area contributed by atoms with E-state index in [1.54, 1.807) is 14.2 Å². The fourth-order valence-corrected chi connectivity index (χ4v) is 4.70. The molecule has 0 spiro atoms. The van der Waals surface area contributed by atoms with Gasteiger partial charge in [-0.15, -0.1) is 0 Å². The van der Waals surface area contributed by atoms with Crippen LogP contribution < -0.4 is 19.7 Å². The van der Waals surface area contributed by atoms with E-state index in [0.29, 0.717) is 10.9 Å². The third-order valence-electron chi connectivity index (χ3n) is 5.86. The van der Waals surface area contributed by atoms with Crippen LogP contribution in [0.2, 0.25) is 0 Å². The minimum atomic E-state index is -0.177. The quantitative estimate of drug-likeness (QED) is 0.409. The van der Waals surface area contributed by atoms with Crippen molar-refractivity contribution in [2.45, 2.75) is 12.1 Å². The van der Waals surface area contributed by atoms with Gasteiger partial charge in [-0.25, -0.2) is 0 Å². The number of nitrogens with zero attached hydrogens (tertiary/aromatic N) is 3. The Labute approximate surface area is 198 Å². The third-order valence-corrected chi connectivity index (χ3v) is 6.18. The molecule has 0 bridgehead atoms. The summed E-state index contributed by atoms with van der Waals surface area (Å²) >= 11 is 5.88. The van der Waals surface area contributed by atoms with E-state index in [1.807, 2.05) is 60.8 Å². The number of ether oxygens (including phenoxy) is 2. The van der Waals surface area contributed by atoms with Crippen molar-refractivity contribution >= 4 is 23.0 Å². The smallest absolute Gasteiger partial charge is 0.174 e. The summed E-state index contributed by atoms with van der Waals surface area (Å²) in [5.41, 5.74) is 3.90. The summed E-state index contributed by atoms with van der Waals surface area (Å²) in [4.78, 5) is 6.75. The lowest BCUT2D eigenvalue weighted by Gasteiger charge is -2.30. The van der Waals surface area contributed by atoms with Gasteiger partial charge in [0, 0.05) is 29.8 Å². The van der Waals surface area contributed by atoms with Gasteiger partial charge in [-0.1, -0.05) is 24.3 Å². The first-order valence-corrected chi connectivity index (χ1v) is 11.1. The van der Waals surface area contributed by atoms with Gasteiger partial charge in [0.2, 0.25) is 0 Å². The highest BCUT2D eigenvalue weighted by Crippen LogP contribution is 2.45. The molecule has 0 aliphatic carbocycles. The molecule has 1 saturated heterocycles. The number of para-hydroxylation sites is 1. The average molecular weight is 457 g/mol. The zero-order chi connectivity index (χ0) is 22.8. The topological polar surface area (TPSA) is 51.6 Å². The van der Waals surface area contributed by atoms with E-state index in [9.17, 15) is 0 Å². The van der Waals surface area contributed by atoms with Crippen molar-refractivity contribution in [1.29, 1.82) is 0 Å². The lowest BCUT2D eigenvalue weighted by molar-refractivity contribution is 0.402. The maximum Gasteiger partial charge on any atom is 0.174 e. The van der Waals surface area contributed by atoms with Crippen LogP contribution in [0.3, 0.4) is 0 Å². The zero-order valence-corrected chi connectivity index (χ0v) is 19.2. The predicted molar refractivity (Wildman–Crippen MR) is 133 cm³/mol. The number of rotatable bonds is 6. The molecule has 1 N–H and O–H groups in total. The second-order valence-corrected chi connectivity index (χ2v) is 8.06. The van der Waals surface area contributed by atoms with Crippen molar-refractivity contribution in [2.75, 3.05) is 19.1 Å². The highest BCUT2D eigenvalue weighted by molar-refractivity contribution is 7.80. The Morgan fingerprint density at radius 3 is 2.45 bits per heavy atom. The Morgan fingerprint density at radius 1 is 0.909 bits per heavy atom. The van der Waals surface area contributed by atoms with Crippen molar-refractivity contribution in [1.82, 2.24) is 14.9 Å². The van der Waals surface area contributed by atoms with Crippen molar-refractivity contribution in [3.8, 4) is 17.2 Å². The second-order valence-electron chi connectivity index (χ2n) is 7.67. The van der Waals surface area contributed by atoms with Gasteiger partial charge in [0.05, 0.1) is 31.6 Å². The number of hydrogen-bond acceptors (Lipinski definition) is 4. The second kappa shape index (κ2) is 8.96. The van der Waals surface area contributed by atoms with E-state index >= 15 is 0 Å². The van der Waals surface area contributed by atoms with Crippen LogP contribution in [0.5, 0.6) is 11.5 Å². The number of methoxy groups -OCH3 is 2. The van der Waals surface area contributed by atoms with Crippen LogP contribution in [0, 0.1) is 0 Å². The Kier molecular flexibility index (Phi) is 5.71. The molecule has 4 aromatic rings. The van der Waals surface area contributed by atoms with Gasteiger partial charge < -0.3 is 24.3 Å². The van der Waals surface area contributed by atoms with Crippen LogP contribution in [0.4, 0.5) is 5.69 Å². The number of pyridine rings is 1. The minimum Gasteiger partial charge on any atom is -0.497 e. The summed E-state index contributed by atoms with van der Waals surface area (Å²) in [6, 6.07) is 25.8. The summed E-state index contributed by atoms with van der Waals surface area (Å²) in [6.07, 6.45) is 3.88. The van der Waals surface area contributed by atoms with Gasteiger partial charge in [-0.05, 0) is 60.7 Å². The normalized spacial score (nSPS) is 17.6. The molecular formula is C26H24N4O2S. The van der Waals surface area contributed by atoms with Gasteiger partial charge in [0.15, 0.2) is 5.11 Å². The summed E-state index contributed by atoms with van der Waals surface area (Å²) in [7, 11) is 3.32. The number of aromatic nitrogens is 2. The maximum atomic E-state index is 5.88. The number of anilines is 1. The van der Waals surface area contributed by atoms with E-state index in [1.165, 1.54) is 0 Å². The molecule has 0 saturated carbocycles. The zero-order valence-electron chi connectivity index (χ0n) is 18.4. The van der Waals surface area contributed by atoms with Crippen LogP contribution in [0.15, 0.2) is 91.3 Å². The molecule has 1 fully saturated rings. The van der Waals surface area contributed by atoms with Crippen molar-refractivity contribution in [3.63, 3.8) is 0 Å². The van der Waals surface area contributed by atoms with Crippen molar-refractivity contribution in [3.05, 3.63) is 103 Å². The lowest BCUT2D eigenvalue weighted by atomic mass is 10.0. The Hall–Kier alpha value is -3.84. The molecule has 1 aliphatic rings. The number of benzene rings is 2. The third kappa shape index (κ3) is 3.81. The molecule has 0 radical (unpaired) electrons. The molecule has 2 atom stereocenters. The summed E-state index contributed by atoms with van der Waals surface area (Å²) in [5, 5.41) is 4.11. The van der Waals surface area contributed by atoms with Crippen LogP contribution in [0.25, 0.3) is 5.69 Å². The molecule has 1 aliphatic heterocycles. The Balaban J connectivity index is 1.70. The maximum absolute atomic E-state index is 5.88. The Bertz CT molecular complexity index is 1260. The molecular weight excluding hydrogens is 432 g/mol. The van der Waals surface area contributed by atoms with Gasteiger partial charge in [0.1, 0.15) is 17.5 Å². The first-order chi connectivity index (χ1) is 16.2. The summed E-state index contributed by atoms with van der Waals surface area (Å²) in [6.45, 7) is 0. The van der Waals surface area contributed by atoms with Gasteiger partial charge in [0.25, 0.3) is 0 Å². The van der Waals surface area contributed by atoms with E-state index in [0.717, 1.165) is 28.5 Å². The SMILES string of the molecule is COc1ccc(OC)c(N2C(=S)NC(c3ccccn3)C2c2cccn2-c2ccccc2)c1. The molecule has 0 amide bonds. The molecule has 3 heterocycles. The highest BCUT2D eigenvalue weighted by atomic mass is 32.1. The first kappa shape index (κ1) is 21.0. The molecule has 6 nitrogen and oxygen atoms in total. The van der Waals surface area contributed by atoms with Crippen LogP contribution in [-0.2, 0) is 0 Å². The Morgan fingerprint density at radius 2 is 1.73 bits per heavy atom. The van der Waals surface area contributed by atoms with Crippen LogP contribution >= 0.6 is 12.2 Å². The number of nitrogens with one attached hydrogen (secondary N) is 1. The first-order valence-electron chi connectivity index (χ1n) is 10.7. The fraction of sp³-hybridized carbons (Fsp3) is 0.154. The van der Waals surface area contributed by atoms with Crippen molar-refractivity contribution in [2.24, 2.45) is 0 Å². The van der Waals surface area contributed by atoms with Crippen LogP contribution in [-0.4, -0.2) is 28.9 Å². The van der Waals surface area contributed by atoms with E-state index in [4.69, 9.17) is 21.7 Å². The molecule has 33 heavy (non-hydrogen) atoms. The molecule has 7 heteroatoms. The summed E-state index contributed by atoms with van der Waals surface area (Å²) in [5.74, 6) is 1.44. The largest absolute Gasteiger partial charge is 0.497 e. The van der Waals surface area contributed by atoms with Crippen LogP contribution in [0.1, 0.15) is 23.5 Å². The monoisotopic (exact) mass is 456 g/mol. The van der Waals surface area contributed by atoms with Gasteiger partial charge >= 0.3 is 0 Å². The van der Waals surface area contributed by atoms with E-state index in [2.05, 4.69) is 50.2 Å². The molecule has 2 aromatic carbocycles. The molecule has 166 valence electrons. The van der Waals surface area contributed by atoms with Gasteiger partial charge in [-0.2, -0.15) is 0 Å². The van der Waals surface area contributed by atoms with E-state index in [-0.39, 0.29) is 12.1 Å². The molecule has 2 unspecified atom stereocenters. The number of thiocarbonyl (C=S) groups is 1. The lowest BCUT2D eigenvalue weighted by Crippen LogP contribution is -2.30. The highest BCUT2D eigenvalue weighted by Gasteiger charge is 2.43. The summed E-state index contributed by atoms with van der Waals surface area (Å²) < 4.78 is 13.4.